The molecule has 45 heavy (non-hydrogen) atoms. The van der Waals surface area contributed by atoms with Crippen molar-refractivity contribution in [3.05, 3.63) is 106 Å². The Labute approximate surface area is 266 Å². The second-order valence-corrected chi connectivity index (χ2v) is 12.3. The van der Waals surface area contributed by atoms with E-state index in [0.717, 1.165) is 50.2 Å². The first-order valence-electron chi connectivity index (χ1n) is 15.2. The van der Waals surface area contributed by atoms with Crippen LogP contribution in [0.5, 0.6) is 0 Å². The van der Waals surface area contributed by atoms with E-state index in [1.807, 2.05) is 6.07 Å². The molecule has 244 valence electrons. The number of hydrogen-bond donors (Lipinski definition) is 2. The smallest absolute Gasteiger partial charge is 0.344 e. The third-order valence-corrected chi connectivity index (χ3v) is 9.02. The van der Waals surface area contributed by atoms with Crippen molar-refractivity contribution < 1.29 is 26.7 Å². The third-order valence-electron chi connectivity index (χ3n) is 8.61. The zero-order chi connectivity index (χ0) is 32.7. The Morgan fingerprint density at radius 1 is 0.889 bits per heavy atom. The average Bonchev–Trinajstić information content (AvgIpc) is 3.59. The van der Waals surface area contributed by atoms with Crippen LogP contribution in [0.3, 0.4) is 0 Å². The molecule has 2 aliphatic rings. The molecule has 0 bridgehead atoms. The molecule has 2 aliphatic heterocycles. The van der Waals surface area contributed by atoms with Gasteiger partial charge in [0.15, 0.2) is 0 Å². The van der Waals surface area contributed by atoms with Crippen LogP contribution >= 0.6 is 11.6 Å². The second kappa shape index (κ2) is 15.5. The van der Waals surface area contributed by atoms with Gasteiger partial charge in [-0.25, -0.2) is 8.78 Å². The van der Waals surface area contributed by atoms with Gasteiger partial charge in [0.1, 0.15) is 11.6 Å². The van der Waals surface area contributed by atoms with Crippen molar-refractivity contribution in [2.45, 2.75) is 69.9 Å². The summed E-state index contributed by atoms with van der Waals surface area (Å²) in [5, 5.41) is 2.10. The van der Waals surface area contributed by atoms with E-state index in [4.69, 9.17) is 17.3 Å². The van der Waals surface area contributed by atoms with Crippen molar-refractivity contribution in [1.82, 2.24) is 15.1 Å². The molecule has 2 fully saturated rings. The number of alkyl halides is 3. The molecular weight excluding hydrogens is 611 g/mol. The van der Waals surface area contributed by atoms with Crippen LogP contribution in [-0.2, 0) is 6.18 Å². The molecule has 0 aromatic heterocycles. The highest BCUT2D eigenvalue weighted by Crippen LogP contribution is 2.36. The number of carbonyl (C=O) groups excluding carboxylic acids is 1. The molecule has 11 heteroatoms. The third kappa shape index (κ3) is 9.48. The van der Waals surface area contributed by atoms with Gasteiger partial charge in [0, 0.05) is 31.2 Å². The minimum atomic E-state index is -4.67. The number of hydrogen-bond acceptors (Lipinski definition) is 4. The number of likely N-dealkylation sites (tertiary alicyclic amines) is 2. The molecule has 3 aromatic rings. The molecule has 2 saturated heterocycles. The first-order valence-corrected chi connectivity index (χ1v) is 15.6. The molecule has 0 radical (unpaired) electrons. The van der Waals surface area contributed by atoms with Crippen LogP contribution in [0.25, 0.3) is 0 Å². The largest absolute Gasteiger partial charge is 0.417 e. The Kier molecular flexibility index (Phi) is 12.0. The summed E-state index contributed by atoms with van der Waals surface area (Å²) >= 11 is 5.89. The summed E-state index contributed by atoms with van der Waals surface area (Å²) in [6.45, 7) is 7.50. The molecule has 5 rings (SSSR count). The predicted octanol–water partition coefficient (Wildman–Crippen LogP) is 7.76. The van der Waals surface area contributed by atoms with Gasteiger partial charge in [-0.1, -0.05) is 41.9 Å². The fourth-order valence-electron chi connectivity index (χ4n) is 5.98. The standard InChI is InChI=1S/C21H21ClF4N2O.C13H19FN2/c1-13-5-4-10-28(13)12-18(14-6-2-7-15(23)11-14)27-20(29)16-8-3-9-17(19(16)22)21(24,25)26;1-10-4-3-7-16(10)9-13(15)11-5-2-6-12(14)8-11/h2-3,6-9,11,13,18H,4-5,10,12H2,1H3,(H,27,29);2,5-6,8,10,13H,3-4,7,9,15H2,1H3/t13?,18-;10?,13-/m11/s1. The molecule has 1 amide bonds. The number of nitrogens with zero attached hydrogens (tertiary/aromatic N) is 2. The van der Waals surface area contributed by atoms with Crippen LogP contribution in [0.15, 0.2) is 66.7 Å². The Morgan fingerprint density at radius 2 is 1.42 bits per heavy atom. The molecule has 0 saturated carbocycles. The van der Waals surface area contributed by atoms with Crippen LogP contribution in [0, 0.1) is 11.6 Å². The fraction of sp³-hybridized carbons (Fsp3) is 0.441. The lowest BCUT2D eigenvalue weighted by Crippen LogP contribution is -2.39. The van der Waals surface area contributed by atoms with E-state index in [9.17, 15) is 26.7 Å². The normalized spacial score (nSPS) is 20.4. The van der Waals surface area contributed by atoms with Crippen LogP contribution in [-0.4, -0.2) is 54.0 Å². The zero-order valence-electron chi connectivity index (χ0n) is 25.5. The summed E-state index contributed by atoms with van der Waals surface area (Å²) in [5.74, 6) is -1.39. The Bertz CT molecular complexity index is 1440. The predicted molar refractivity (Wildman–Crippen MR) is 167 cm³/mol. The molecule has 0 spiro atoms. The minimum Gasteiger partial charge on any atom is -0.344 e. The van der Waals surface area contributed by atoms with Crippen molar-refractivity contribution in [3.63, 3.8) is 0 Å². The Hall–Kier alpha value is -3.05. The van der Waals surface area contributed by atoms with E-state index in [0.29, 0.717) is 24.2 Å². The quantitative estimate of drug-likeness (QED) is 0.245. The number of nitrogens with one attached hydrogen (secondary N) is 1. The van der Waals surface area contributed by atoms with Crippen molar-refractivity contribution >= 4 is 17.5 Å². The summed E-state index contributed by atoms with van der Waals surface area (Å²) < 4.78 is 66.1. The number of amides is 1. The zero-order valence-corrected chi connectivity index (χ0v) is 26.2. The number of benzene rings is 3. The van der Waals surface area contributed by atoms with Crippen LogP contribution in [0.1, 0.15) is 78.7 Å². The SMILES string of the molecule is CC1CCCN1C[C@@H](N)c1cccc(F)c1.CC1CCCN1C[C@@H](NC(=O)c1cccc(C(F)(F)F)c1Cl)c1cccc(F)c1. The fourth-order valence-corrected chi connectivity index (χ4v) is 6.30. The van der Waals surface area contributed by atoms with Gasteiger partial charge in [-0.2, -0.15) is 13.2 Å². The highest BCUT2D eigenvalue weighted by molar-refractivity contribution is 6.34. The first-order chi connectivity index (χ1) is 21.3. The number of nitrogens with two attached hydrogens (primary N) is 1. The number of carbonyl (C=O) groups is 1. The van der Waals surface area contributed by atoms with E-state index in [-0.39, 0.29) is 17.4 Å². The topological polar surface area (TPSA) is 61.6 Å². The van der Waals surface area contributed by atoms with Gasteiger partial charge in [0.05, 0.1) is 22.2 Å². The van der Waals surface area contributed by atoms with Crippen LogP contribution < -0.4 is 11.1 Å². The Balaban J connectivity index is 0.000000242. The van der Waals surface area contributed by atoms with Crippen molar-refractivity contribution in [3.8, 4) is 0 Å². The number of halogens is 6. The van der Waals surface area contributed by atoms with Gasteiger partial charge in [0.25, 0.3) is 5.91 Å². The van der Waals surface area contributed by atoms with Crippen molar-refractivity contribution in [2.24, 2.45) is 5.73 Å². The molecular formula is C34H40ClF5N4O. The van der Waals surface area contributed by atoms with Gasteiger partial charge in [-0.05, 0) is 100 Å². The molecule has 5 nitrogen and oxygen atoms in total. The van der Waals surface area contributed by atoms with Gasteiger partial charge >= 0.3 is 6.18 Å². The van der Waals surface area contributed by atoms with Crippen LogP contribution in [0.4, 0.5) is 22.0 Å². The second-order valence-electron chi connectivity index (χ2n) is 11.9. The number of rotatable bonds is 8. The average molecular weight is 651 g/mol. The highest BCUT2D eigenvalue weighted by atomic mass is 35.5. The van der Waals surface area contributed by atoms with Gasteiger partial charge in [0.2, 0.25) is 0 Å². The molecule has 2 heterocycles. The van der Waals surface area contributed by atoms with E-state index in [2.05, 4.69) is 29.0 Å². The molecule has 0 aliphatic carbocycles. The van der Waals surface area contributed by atoms with E-state index in [1.54, 1.807) is 12.1 Å². The summed E-state index contributed by atoms with van der Waals surface area (Å²) in [4.78, 5) is 17.3. The maximum absolute atomic E-state index is 13.8. The Morgan fingerprint density at radius 3 is 1.96 bits per heavy atom. The molecule has 3 aromatic carbocycles. The highest BCUT2D eigenvalue weighted by Gasteiger charge is 2.35. The molecule has 3 N–H and O–H groups in total. The maximum atomic E-state index is 13.8. The van der Waals surface area contributed by atoms with E-state index < -0.39 is 34.5 Å². The summed E-state index contributed by atoms with van der Waals surface area (Å²) in [5.41, 5.74) is 6.19. The van der Waals surface area contributed by atoms with Crippen LogP contribution in [0.2, 0.25) is 5.02 Å². The molecule has 2 unspecified atom stereocenters. The van der Waals surface area contributed by atoms with Gasteiger partial charge < -0.3 is 11.1 Å². The maximum Gasteiger partial charge on any atom is 0.417 e. The lowest BCUT2D eigenvalue weighted by molar-refractivity contribution is -0.137. The van der Waals surface area contributed by atoms with Crippen molar-refractivity contribution in [2.75, 3.05) is 26.2 Å². The van der Waals surface area contributed by atoms with E-state index in [1.165, 1.54) is 49.2 Å². The summed E-state index contributed by atoms with van der Waals surface area (Å²) in [7, 11) is 0. The summed E-state index contributed by atoms with van der Waals surface area (Å²) in [6.07, 6.45) is -0.138. The minimum absolute atomic E-state index is 0.0868. The van der Waals surface area contributed by atoms with E-state index >= 15 is 0 Å². The lowest BCUT2D eigenvalue weighted by atomic mass is 10.0. The molecule has 4 atom stereocenters. The first kappa shape index (κ1) is 34.8. The van der Waals surface area contributed by atoms with Gasteiger partial charge in [-0.3, -0.25) is 14.6 Å². The van der Waals surface area contributed by atoms with Crippen molar-refractivity contribution in [1.29, 1.82) is 0 Å². The summed E-state index contributed by atoms with van der Waals surface area (Å²) in [6, 6.07) is 15.9. The lowest BCUT2D eigenvalue weighted by Gasteiger charge is -2.28. The monoisotopic (exact) mass is 650 g/mol. The van der Waals surface area contributed by atoms with Gasteiger partial charge in [-0.15, -0.1) is 0 Å².